The van der Waals surface area contributed by atoms with Crippen molar-refractivity contribution in [2.24, 2.45) is 12.8 Å². The number of carbonyl (C=O) groups is 2. The second-order valence-electron chi connectivity index (χ2n) is 5.51. The fraction of sp³-hybridized carbons (Fsp3) is 0.111. The largest absolute Gasteiger partial charge is 0.351 e. The Hall–Kier alpha value is -3.66. The van der Waals surface area contributed by atoms with Gasteiger partial charge < -0.3 is 15.6 Å². The number of aryl methyl sites for hydroxylation is 1. The van der Waals surface area contributed by atoms with Gasteiger partial charge >= 0.3 is 6.03 Å². The van der Waals surface area contributed by atoms with Crippen molar-refractivity contribution >= 4 is 28.5 Å². The van der Waals surface area contributed by atoms with Crippen LogP contribution in [0.15, 0.2) is 48.5 Å². The highest BCUT2D eigenvalue weighted by molar-refractivity contribution is 6.03. The average Bonchev–Trinajstić information content (AvgIpc) is 2.93. The minimum atomic E-state index is -1.02. The van der Waals surface area contributed by atoms with Gasteiger partial charge in [0.25, 0.3) is 0 Å². The molecule has 1 aromatic heterocycles. The first-order valence-corrected chi connectivity index (χ1v) is 7.53. The van der Waals surface area contributed by atoms with Crippen LogP contribution in [0.1, 0.15) is 22.1 Å². The van der Waals surface area contributed by atoms with E-state index < -0.39 is 11.9 Å². The molecule has 7 nitrogen and oxygen atoms in total. The van der Waals surface area contributed by atoms with Crippen LogP contribution in [0.2, 0.25) is 0 Å². The van der Waals surface area contributed by atoms with Gasteiger partial charge in [-0.25, -0.2) is 9.78 Å². The molecule has 7 heteroatoms. The van der Waals surface area contributed by atoms with Gasteiger partial charge in [0.1, 0.15) is 5.82 Å². The summed E-state index contributed by atoms with van der Waals surface area (Å²) >= 11 is 0. The molecule has 25 heavy (non-hydrogen) atoms. The molecule has 0 spiro atoms. The van der Waals surface area contributed by atoms with Gasteiger partial charge in [0.2, 0.25) is 0 Å². The standard InChI is InChI=1S/C18H15N5O2/c1-23-15-5-3-2-4-14(15)22-17(23)13(10-19)16(24)11-6-8-12(9-7-11)21-18(20)25/h2-9,13H,1H3,(H3,20,21,25). The summed E-state index contributed by atoms with van der Waals surface area (Å²) in [6.07, 6.45) is 0. The topological polar surface area (TPSA) is 114 Å². The lowest BCUT2D eigenvalue weighted by Crippen LogP contribution is -2.19. The first-order valence-electron chi connectivity index (χ1n) is 7.53. The molecule has 0 saturated heterocycles. The fourth-order valence-electron chi connectivity index (χ4n) is 2.68. The molecule has 2 amide bonds. The second kappa shape index (κ2) is 6.45. The molecule has 3 N–H and O–H groups in total. The lowest BCUT2D eigenvalue weighted by atomic mass is 9.98. The first-order chi connectivity index (χ1) is 12.0. The van der Waals surface area contributed by atoms with Gasteiger partial charge in [0.15, 0.2) is 11.7 Å². The number of carbonyl (C=O) groups excluding carboxylic acids is 2. The molecule has 1 unspecified atom stereocenters. The number of Topliss-reactive ketones (excluding diaryl/α,β-unsaturated/α-hetero) is 1. The molecule has 0 aliphatic heterocycles. The highest BCUT2D eigenvalue weighted by Crippen LogP contribution is 2.24. The summed E-state index contributed by atoms with van der Waals surface area (Å²) in [6, 6.07) is 15.0. The van der Waals surface area contributed by atoms with Gasteiger partial charge in [-0.15, -0.1) is 0 Å². The van der Waals surface area contributed by atoms with Gasteiger partial charge in [0.05, 0.1) is 17.1 Å². The number of ketones is 1. The van der Waals surface area contributed by atoms with Crippen LogP contribution in [0.4, 0.5) is 10.5 Å². The SMILES string of the molecule is Cn1c(C(C#N)C(=O)c2ccc(NC(N)=O)cc2)nc2ccccc21. The second-order valence-corrected chi connectivity index (χ2v) is 5.51. The van der Waals surface area contributed by atoms with Crippen molar-refractivity contribution in [1.29, 1.82) is 5.26 Å². The van der Waals surface area contributed by atoms with Crippen LogP contribution in [0, 0.1) is 11.3 Å². The Bertz CT molecular complexity index is 998. The lowest BCUT2D eigenvalue weighted by molar-refractivity contribution is 0.0975. The van der Waals surface area contributed by atoms with Crippen molar-refractivity contribution in [3.05, 3.63) is 59.9 Å². The number of primary amides is 1. The lowest BCUT2D eigenvalue weighted by Gasteiger charge is -2.09. The molecule has 0 aliphatic rings. The van der Waals surface area contributed by atoms with E-state index in [0.29, 0.717) is 17.1 Å². The van der Waals surface area contributed by atoms with E-state index in [0.717, 1.165) is 11.0 Å². The molecular formula is C18H15N5O2. The molecule has 2 aromatic carbocycles. The smallest absolute Gasteiger partial charge is 0.316 e. The number of rotatable bonds is 4. The van der Waals surface area contributed by atoms with E-state index in [2.05, 4.69) is 10.3 Å². The third-order valence-electron chi connectivity index (χ3n) is 3.91. The number of anilines is 1. The zero-order valence-corrected chi connectivity index (χ0v) is 13.4. The number of nitrogens with zero attached hydrogens (tertiary/aromatic N) is 3. The predicted molar refractivity (Wildman–Crippen MR) is 93.0 cm³/mol. The predicted octanol–water partition coefficient (Wildman–Crippen LogP) is 2.55. The monoisotopic (exact) mass is 333 g/mol. The van der Waals surface area contributed by atoms with Gasteiger partial charge in [0, 0.05) is 18.3 Å². The number of urea groups is 1. The molecule has 0 radical (unpaired) electrons. The van der Waals surface area contributed by atoms with Crippen LogP contribution in [0.5, 0.6) is 0 Å². The molecule has 3 rings (SSSR count). The van der Waals surface area contributed by atoms with Crippen LogP contribution in [-0.4, -0.2) is 21.4 Å². The molecule has 0 aliphatic carbocycles. The summed E-state index contributed by atoms with van der Waals surface area (Å²) in [5, 5.41) is 12.0. The number of imidazole rings is 1. The van der Waals surface area contributed by atoms with Crippen molar-refractivity contribution < 1.29 is 9.59 Å². The van der Waals surface area contributed by atoms with Crippen molar-refractivity contribution in [2.45, 2.75) is 5.92 Å². The molecule has 0 fully saturated rings. The Labute approximate surface area is 143 Å². The Morgan fingerprint density at radius 1 is 1.20 bits per heavy atom. The van der Waals surface area contributed by atoms with Gasteiger partial charge in [-0.3, -0.25) is 4.79 Å². The van der Waals surface area contributed by atoms with Gasteiger partial charge in [-0.2, -0.15) is 5.26 Å². The zero-order valence-electron chi connectivity index (χ0n) is 13.4. The zero-order chi connectivity index (χ0) is 18.0. The van der Waals surface area contributed by atoms with E-state index in [9.17, 15) is 14.9 Å². The van der Waals surface area contributed by atoms with Gasteiger partial charge in [-0.1, -0.05) is 12.1 Å². The number of amides is 2. The van der Waals surface area contributed by atoms with Crippen molar-refractivity contribution in [2.75, 3.05) is 5.32 Å². The van der Waals surface area contributed by atoms with Crippen LogP contribution in [-0.2, 0) is 7.05 Å². The number of fused-ring (bicyclic) bond motifs is 1. The highest BCUT2D eigenvalue weighted by Gasteiger charge is 2.26. The maximum absolute atomic E-state index is 12.8. The number of nitriles is 1. The quantitative estimate of drug-likeness (QED) is 0.714. The summed E-state index contributed by atoms with van der Waals surface area (Å²) in [4.78, 5) is 28.0. The molecule has 3 aromatic rings. The molecule has 1 atom stereocenters. The Morgan fingerprint density at radius 3 is 2.48 bits per heavy atom. The summed E-state index contributed by atoms with van der Waals surface area (Å²) in [5.74, 6) is -0.980. The van der Waals surface area contributed by atoms with Crippen LogP contribution >= 0.6 is 0 Å². The van der Waals surface area contributed by atoms with Crippen molar-refractivity contribution in [3.8, 4) is 6.07 Å². The summed E-state index contributed by atoms with van der Waals surface area (Å²) in [5.41, 5.74) is 7.46. The van der Waals surface area contributed by atoms with Crippen LogP contribution in [0.3, 0.4) is 0 Å². The van der Waals surface area contributed by atoms with Crippen LogP contribution in [0.25, 0.3) is 11.0 Å². The third-order valence-corrected chi connectivity index (χ3v) is 3.91. The van der Waals surface area contributed by atoms with E-state index in [1.165, 1.54) is 0 Å². The minimum absolute atomic E-state index is 0.355. The molecule has 0 bridgehead atoms. The maximum atomic E-state index is 12.8. The van der Waals surface area contributed by atoms with E-state index in [1.54, 1.807) is 35.9 Å². The van der Waals surface area contributed by atoms with Gasteiger partial charge in [-0.05, 0) is 36.4 Å². The highest BCUT2D eigenvalue weighted by atomic mass is 16.2. The third kappa shape index (κ3) is 3.05. The number of hydrogen-bond acceptors (Lipinski definition) is 4. The van der Waals surface area contributed by atoms with E-state index >= 15 is 0 Å². The summed E-state index contributed by atoms with van der Waals surface area (Å²) in [6.45, 7) is 0. The minimum Gasteiger partial charge on any atom is -0.351 e. The maximum Gasteiger partial charge on any atom is 0.316 e. The summed E-state index contributed by atoms with van der Waals surface area (Å²) < 4.78 is 1.75. The van der Waals surface area contributed by atoms with E-state index in [-0.39, 0.29) is 5.78 Å². The number of aromatic nitrogens is 2. The molecule has 1 heterocycles. The normalized spacial score (nSPS) is 11.7. The molecular weight excluding hydrogens is 318 g/mol. The number of nitrogens with two attached hydrogens (primary N) is 1. The van der Waals surface area contributed by atoms with Crippen molar-refractivity contribution in [3.63, 3.8) is 0 Å². The Balaban J connectivity index is 1.94. The number of hydrogen-bond donors (Lipinski definition) is 2. The summed E-state index contributed by atoms with van der Waals surface area (Å²) in [7, 11) is 1.78. The van der Waals surface area contributed by atoms with Crippen LogP contribution < -0.4 is 11.1 Å². The Kier molecular flexibility index (Phi) is 4.18. The fourth-order valence-corrected chi connectivity index (χ4v) is 2.68. The van der Waals surface area contributed by atoms with E-state index in [1.807, 2.05) is 30.3 Å². The van der Waals surface area contributed by atoms with E-state index in [4.69, 9.17) is 5.73 Å². The Morgan fingerprint density at radius 2 is 1.88 bits per heavy atom. The first kappa shape index (κ1) is 16.2. The number of benzene rings is 2. The van der Waals surface area contributed by atoms with Crippen molar-refractivity contribution in [1.82, 2.24) is 9.55 Å². The average molecular weight is 333 g/mol. The molecule has 124 valence electrons. The number of para-hydroxylation sites is 2. The molecule has 0 saturated carbocycles. The number of nitrogens with one attached hydrogen (secondary N) is 1.